The Morgan fingerprint density at radius 1 is 1.46 bits per heavy atom. The molecule has 3 rings (SSSR count). The van der Waals surface area contributed by atoms with Gasteiger partial charge in [-0.25, -0.2) is 0 Å². The highest BCUT2D eigenvalue weighted by Crippen LogP contribution is 2.20. The standard InChI is InChI=1S/C18H25N3O2S/c1-13(2)21-10-14-6-7-15(9-17(14)20-21)19-18(22)12-24-11-16-5-3-4-8-23-16/h6-7,9-10,13,16H,3-5,8,11-12H2,1-2H3,(H,19,22)/t16-/m1/s1. The number of amides is 1. The van der Waals surface area contributed by atoms with Gasteiger partial charge in [0.15, 0.2) is 0 Å². The Bertz CT molecular complexity index is 693. The maximum Gasteiger partial charge on any atom is 0.234 e. The van der Waals surface area contributed by atoms with Crippen molar-refractivity contribution in [3.8, 4) is 0 Å². The van der Waals surface area contributed by atoms with Gasteiger partial charge >= 0.3 is 0 Å². The molecule has 0 spiro atoms. The first-order valence-corrected chi connectivity index (χ1v) is 9.75. The van der Waals surface area contributed by atoms with Crippen LogP contribution in [0.2, 0.25) is 0 Å². The van der Waals surface area contributed by atoms with Crippen LogP contribution in [0.4, 0.5) is 5.69 Å². The van der Waals surface area contributed by atoms with E-state index in [9.17, 15) is 4.79 Å². The fourth-order valence-corrected chi connectivity index (χ4v) is 3.70. The van der Waals surface area contributed by atoms with Crippen molar-refractivity contribution >= 4 is 34.3 Å². The van der Waals surface area contributed by atoms with Crippen molar-refractivity contribution < 1.29 is 9.53 Å². The molecule has 0 saturated carbocycles. The van der Waals surface area contributed by atoms with Crippen LogP contribution < -0.4 is 5.32 Å². The van der Waals surface area contributed by atoms with Gasteiger partial charge in [0.25, 0.3) is 0 Å². The average Bonchev–Trinajstić information content (AvgIpc) is 2.99. The van der Waals surface area contributed by atoms with Crippen molar-refractivity contribution in [3.63, 3.8) is 0 Å². The Hall–Kier alpha value is -1.53. The number of rotatable bonds is 6. The molecule has 1 N–H and O–H groups in total. The number of thioether (sulfide) groups is 1. The SMILES string of the molecule is CC(C)n1cc2ccc(NC(=O)CSC[C@H]3CCCCO3)cc2n1. The number of fused-ring (bicyclic) bond motifs is 1. The molecular formula is C18H25N3O2S. The van der Waals surface area contributed by atoms with Crippen LogP contribution in [0, 0.1) is 0 Å². The number of hydrogen-bond acceptors (Lipinski definition) is 4. The number of aromatic nitrogens is 2. The molecular weight excluding hydrogens is 322 g/mol. The quantitative estimate of drug-likeness (QED) is 0.862. The van der Waals surface area contributed by atoms with E-state index in [2.05, 4.69) is 24.3 Å². The van der Waals surface area contributed by atoms with Crippen LogP contribution in [0.5, 0.6) is 0 Å². The van der Waals surface area contributed by atoms with Gasteiger partial charge in [-0.3, -0.25) is 9.48 Å². The first kappa shape index (κ1) is 17.3. The highest BCUT2D eigenvalue weighted by molar-refractivity contribution is 8.00. The number of benzene rings is 1. The molecule has 0 bridgehead atoms. The van der Waals surface area contributed by atoms with Gasteiger partial charge in [0.2, 0.25) is 5.91 Å². The first-order chi connectivity index (χ1) is 11.6. The van der Waals surface area contributed by atoms with Crippen molar-refractivity contribution in [2.75, 3.05) is 23.4 Å². The predicted molar refractivity (Wildman–Crippen MR) is 99.7 cm³/mol. The summed E-state index contributed by atoms with van der Waals surface area (Å²) in [5.41, 5.74) is 1.71. The third-order valence-electron chi connectivity index (χ3n) is 4.15. The van der Waals surface area contributed by atoms with Gasteiger partial charge in [-0.05, 0) is 51.3 Å². The summed E-state index contributed by atoms with van der Waals surface area (Å²) in [5, 5.41) is 8.60. The fraction of sp³-hybridized carbons (Fsp3) is 0.556. The Balaban J connectivity index is 1.51. The van der Waals surface area contributed by atoms with Crippen molar-refractivity contribution in [2.24, 2.45) is 0 Å². The topological polar surface area (TPSA) is 56.2 Å². The Morgan fingerprint density at radius 3 is 3.08 bits per heavy atom. The van der Waals surface area contributed by atoms with E-state index in [1.165, 1.54) is 6.42 Å². The van der Waals surface area contributed by atoms with Crippen LogP contribution in [0.15, 0.2) is 24.4 Å². The number of anilines is 1. The van der Waals surface area contributed by atoms with Gasteiger partial charge in [0, 0.05) is 35.7 Å². The van der Waals surface area contributed by atoms with E-state index in [-0.39, 0.29) is 5.91 Å². The molecule has 24 heavy (non-hydrogen) atoms. The lowest BCUT2D eigenvalue weighted by molar-refractivity contribution is -0.113. The molecule has 1 saturated heterocycles. The van der Waals surface area contributed by atoms with Gasteiger partial charge in [0.1, 0.15) is 0 Å². The van der Waals surface area contributed by atoms with Crippen LogP contribution in [-0.4, -0.2) is 39.9 Å². The maximum absolute atomic E-state index is 12.1. The molecule has 2 aromatic rings. The summed E-state index contributed by atoms with van der Waals surface area (Å²) in [6.45, 7) is 5.06. The third-order valence-corrected chi connectivity index (χ3v) is 5.22. The zero-order valence-corrected chi connectivity index (χ0v) is 15.1. The minimum atomic E-state index is 0.0263. The van der Waals surface area contributed by atoms with Crippen LogP contribution in [-0.2, 0) is 9.53 Å². The highest BCUT2D eigenvalue weighted by atomic mass is 32.2. The Kier molecular flexibility index (Phi) is 5.79. The molecule has 1 fully saturated rings. The van der Waals surface area contributed by atoms with Crippen molar-refractivity contribution in [1.82, 2.24) is 9.78 Å². The molecule has 2 heterocycles. The monoisotopic (exact) mass is 347 g/mol. The van der Waals surface area contributed by atoms with Gasteiger partial charge in [-0.2, -0.15) is 5.10 Å². The average molecular weight is 347 g/mol. The smallest absolute Gasteiger partial charge is 0.234 e. The molecule has 1 aliphatic heterocycles. The van der Waals surface area contributed by atoms with E-state index in [1.54, 1.807) is 11.8 Å². The fourth-order valence-electron chi connectivity index (χ4n) is 2.80. The van der Waals surface area contributed by atoms with Crippen molar-refractivity contribution in [3.05, 3.63) is 24.4 Å². The lowest BCUT2D eigenvalue weighted by Crippen LogP contribution is -2.22. The summed E-state index contributed by atoms with van der Waals surface area (Å²) in [6, 6.07) is 6.19. The summed E-state index contributed by atoms with van der Waals surface area (Å²) < 4.78 is 7.63. The molecule has 1 aromatic heterocycles. The number of nitrogens with zero attached hydrogens (tertiary/aromatic N) is 2. The molecule has 1 amide bonds. The lowest BCUT2D eigenvalue weighted by Gasteiger charge is -2.21. The molecule has 0 radical (unpaired) electrons. The third kappa shape index (κ3) is 4.51. The summed E-state index contributed by atoms with van der Waals surface area (Å²) in [6.07, 6.45) is 5.86. The molecule has 5 nitrogen and oxygen atoms in total. The Morgan fingerprint density at radius 2 is 2.33 bits per heavy atom. The van der Waals surface area contributed by atoms with Gasteiger partial charge in [-0.15, -0.1) is 11.8 Å². The van der Waals surface area contributed by atoms with Gasteiger partial charge < -0.3 is 10.1 Å². The number of carbonyl (C=O) groups is 1. The lowest BCUT2D eigenvalue weighted by atomic mass is 10.1. The predicted octanol–water partition coefficient (Wildman–Crippen LogP) is 3.86. The van der Waals surface area contributed by atoms with Crippen LogP contribution in [0.25, 0.3) is 10.9 Å². The summed E-state index contributed by atoms with van der Waals surface area (Å²) in [7, 11) is 0. The highest BCUT2D eigenvalue weighted by Gasteiger charge is 2.14. The van der Waals surface area contributed by atoms with Crippen LogP contribution in [0.3, 0.4) is 0 Å². The number of hydrogen-bond donors (Lipinski definition) is 1. The van der Waals surface area contributed by atoms with E-state index in [1.807, 2.05) is 29.1 Å². The maximum atomic E-state index is 12.1. The molecule has 0 aliphatic carbocycles. The Labute approximate surface area is 147 Å². The first-order valence-electron chi connectivity index (χ1n) is 8.60. The van der Waals surface area contributed by atoms with Gasteiger partial charge in [-0.1, -0.05) is 0 Å². The summed E-state index contributed by atoms with van der Waals surface area (Å²) >= 11 is 1.64. The normalized spacial score (nSPS) is 18.2. The van der Waals surface area contributed by atoms with E-state index in [4.69, 9.17) is 4.74 Å². The zero-order chi connectivity index (χ0) is 16.9. The second-order valence-corrected chi connectivity index (χ2v) is 7.56. The molecule has 6 heteroatoms. The number of carbonyl (C=O) groups excluding carboxylic acids is 1. The summed E-state index contributed by atoms with van der Waals surface area (Å²) in [4.78, 5) is 12.1. The largest absolute Gasteiger partial charge is 0.377 e. The van der Waals surface area contributed by atoms with E-state index < -0.39 is 0 Å². The minimum Gasteiger partial charge on any atom is -0.377 e. The molecule has 1 aliphatic rings. The molecule has 130 valence electrons. The van der Waals surface area contributed by atoms with E-state index >= 15 is 0 Å². The van der Waals surface area contributed by atoms with E-state index in [0.29, 0.717) is 17.9 Å². The molecule has 1 aromatic carbocycles. The van der Waals surface area contributed by atoms with Crippen molar-refractivity contribution in [1.29, 1.82) is 0 Å². The van der Waals surface area contributed by atoms with Crippen molar-refractivity contribution in [2.45, 2.75) is 45.3 Å². The number of nitrogens with one attached hydrogen (secondary N) is 1. The molecule has 0 unspecified atom stereocenters. The zero-order valence-electron chi connectivity index (χ0n) is 14.3. The minimum absolute atomic E-state index is 0.0263. The van der Waals surface area contributed by atoms with Crippen LogP contribution >= 0.6 is 11.8 Å². The number of ether oxygens (including phenoxy) is 1. The second-order valence-electron chi connectivity index (χ2n) is 6.53. The van der Waals surface area contributed by atoms with Crippen LogP contribution in [0.1, 0.15) is 39.2 Å². The van der Waals surface area contributed by atoms with Gasteiger partial charge in [0.05, 0.1) is 17.4 Å². The summed E-state index contributed by atoms with van der Waals surface area (Å²) in [5.74, 6) is 1.38. The molecule has 1 atom stereocenters. The second kappa shape index (κ2) is 8.03. The van der Waals surface area contributed by atoms with E-state index in [0.717, 1.165) is 41.8 Å².